The lowest BCUT2D eigenvalue weighted by Crippen LogP contribution is -2.42. The lowest BCUT2D eigenvalue weighted by Gasteiger charge is -2.28. The van der Waals surface area contributed by atoms with Gasteiger partial charge in [-0.15, -0.1) is 0 Å². The molecule has 1 heterocycles. The summed E-state index contributed by atoms with van der Waals surface area (Å²) in [5, 5.41) is 4.36. The van der Waals surface area contributed by atoms with Crippen molar-refractivity contribution in [2.24, 2.45) is 0 Å². The van der Waals surface area contributed by atoms with E-state index >= 15 is 0 Å². The van der Waals surface area contributed by atoms with Gasteiger partial charge in [0.15, 0.2) is 0 Å². The van der Waals surface area contributed by atoms with Gasteiger partial charge in [0.05, 0.1) is 17.1 Å². The number of likely N-dealkylation sites (N-methyl/N-ethyl adjacent to an activating group) is 1. The predicted molar refractivity (Wildman–Crippen MR) is 155 cm³/mol. The van der Waals surface area contributed by atoms with Gasteiger partial charge in [-0.2, -0.15) is 0 Å². The number of hydrogen-bond donors (Lipinski definition) is 1. The molecular weight excluding hydrogens is 490 g/mol. The Morgan fingerprint density at radius 1 is 1.18 bits per heavy atom. The zero-order valence-electron chi connectivity index (χ0n) is 24.1. The van der Waals surface area contributed by atoms with E-state index in [1.54, 1.807) is 19.3 Å². The van der Waals surface area contributed by atoms with Gasteiger partial charge < -0.3 is 19.7 Å². The summed E-state index contributed by atoms with van der Waals surface area (Å²) in [4.78, 5) is 32.1. The van der Waals surface area contributed by atoms with E-state index in [4.69, 9.17) is 9.47 Å². The first kappa shape index (κ1) is 28.1. The number of aromatic nitrogens is 1. The molecule has 0 saturated heterocycles. The molecule has 1 fully saturated rings. The van der Waals surface area contributed by atoms with Gasteiger partial charge >= 0.3 is 6.09 Å². The summed E-state index contributed by atoms with van der Waals surface area (Å²) in [7, 11) is 1.69. The van der Waals surface area contributed by atoms with Gasteiger partial charge in [-0.25, -0.2) is 4.79 Å². The number of nitrogens with one attached hydrogen (secondary N) is 1. The molecule has 0 aliphatic heterocycles. The minimum Gasteiger partial charge on any atom is -0.491 e. The maximum Gasteiger partial charge on any atom is 0.410 e. The molecule has 7 nitrogen and oxygen atoms in total. The normalized spacial score (nSPS) is 14.8. The van der Waals surface area contributed by atoms with E-state index in [1.165, 1.54) is 4.90 Å². The van der Waals surface area contributed by atoms with Crippen molar-refractivity contribution in [3.63, 3.8) is 0 Å². The van der Waals surface area contributed by atoms with Crippen LogP contribution in [0, 0.1) is 6.92 Å². The number of allylic oxidation sites excluding steroid dienone is 1. The van der Waals surface area contributed by atoms with Crippen LogP contribution in [0.5, 0.6) is 5.75 Å². The maximum absolute atomic E-state index is 13.6. The van der Waals surface area contributed by atoms with Crippen molar-refractivity contribution in [1.82, 2.24) is 15.2 Å². The van der Waals surface area contributed by atoms with E-state index in [1.807, 2.05) is 65.8 Å². The van der Waals surface area contributed by atoms with E-state index in [0.717, 1.165) is 46.0 Å². The highest BCUT2D eigenvalue weighted by Gasteiger charge is 2.47. The van der Waals surface area contributed by atoms with Crippen molar-refractivity contribution in [2.45, 2.75) is 71.6 Å². The Balaban J connectivity index is 1.51. The molecule has 206 valence electrons. The molecule has 2 aromatic carbocycles. The second-order valence-corrected chi connectivity index (χ2v) is 11.6. The van der Waals surface area contributed by atoms with E-state index < -0.39 is 17.2 Å². The summed E-state index contributed by atoms with van der Waals surface area (Å²) in [5.74, 6) is 0.422. The molecule has 3 aromatic rings. The number of carbonyl (C=O) groups excluding carboxylic acids is 2. The van der Waals surface area contributed by atoms with Crippen LogP contribution in [0.1, 0.15) is 74.5 Å². The lowest BCUT2D eigenvalue weighted by molar-refractivity contribution is 0.0195. The number of aryl methyl sites for hydroxylation is 1. The van der Waals surface area contributed by atoms with Crippen LogP contribution in [-0.4, -0.2) is 47.2 Å². The zero-order chi connectivity index (χ0) is 28.5. The van der Waals surface area contributed by atoms with Crippen molar-refractivity contribution < 1.29 is 19.1 Å². The topological polar surface area (TPSA) is 80.8 Å². The highest BCUT2D eigenvalue weighted by molar-refractivity contribution is 5.97. The number of ether oxygens (including phenoxy) is 2. The van der Waals surface area contributed by atoms with E-state index in [0.29, 0.717) is 11.3 Å². The molecule has 0 spiro atoms. The predicted octanol–water partition coefficient (Wildman–Crippen LogP) is 6.63. The van der Waals surface area contributed by atoms with Crippen molar-refractivity contribution in [3.8, 4) is 5.75 Å². The summed E-state index contributed by atoms with van der Waals surface area (Å²) in [5.41, 5.74) is 4.35. The molecule has 1 aliphatic carbocycles. The zero-order valence-corrected chi connectivity index (χ0v) is 24.1. The molecule has 1 aromatic heterocycles. The minimum absolute atomic E-state index is 0.146. The summed E-state index contributed by atoms with van der Waals surface area (Å²) in [6.07, 6.45) is 3.09. The fourth-order valence-electron chi connectivity index (χ4n) is 4.47. The standard InChI is InChI=1S/C32H39N3O4/c1-20(2)23-16-27(25-10-9-15-33-28(25)17-23)32(13-14-32)34-29(36)26-18-24(12-11-21(26)3)38-19-22(4)35(8)30(37)39-31(5,6)7/h9-12,15-18,22H,1,13-14,19H2,2-8H3,(H,34,36)/t22-/m0/s1. The van der Waals surface area contributed by atoms with Crippen LogP contribution in [-0.2, 0) is 10.3 Å². The SMILES string of the molecule is C=C(C)c1cc(C2(NC(=O)c3cc(OC[C@H](C)N(C)C(=O)OC(C)(C)C)ccc3C)CC2)c2cccnc2c1. The van der Waals surface area contributed by atoms with Crippen molar-refractivity contribution in [3.05, 3.63) is 77.5 Å². The second kappa shape index (κ2) is 10.7. The van der Waals surface area contributed by atoms with Crippen molar-refractivity contribution in [2.75, 3.05) is 13.7 Å². The summed E-state index contributed by atoms with van der Waals surface area (Å²) < 4.78 is 11.4. The number of amides is 2. The third-order valence-electron chi connectivity index (χ3n) is 7.12. The number of pyridine rings is 1. The fraction of sp³-hybridized carbons (Fsp3) is 0.406. The average Bonchev–Trinajstić information content (AvgIpc) is 3.65. The summed E-state index contributed by atoms with van der Waals surface area (Å²) >= 11 is 0. The van der Waals surface area contributed by atoms with Gasteiger partial charge in [0, 0.05) is 24.2 Å². The van der Waals surface area contributed by atoms with Crippen molar-refractivity contribution >= 4 is 28.5 Å². The number of nitrogens with zero attached hydrogens (tertiary/aromatic N) is 2. The van der Waals surface area contributed by atoms with Crippen LogP contribution in [0.15, 0.2) is 55.2 Å². The molecule has 2 amide bonds. The molecule has 7 heteroatoms. The van der Waals surface area contributed by atoms with Gasteiger partial charge in [0.2, 0.25) is 0 Å². The van der Waals surface area contributed by atoms with E-state index in [-0.39, 0.29) is 18.6 Å². The van der Waals surface area contributed by atoms with Crippen molar-refractivity contribution in [1.29, 1.82) is 0 Å². The van der Waals surface area contributed by atoms with Gasteiger partial charge in [-0.3, -0.25) is 9.78 Å². The Kier molecular flexibility index (Phi) is 7.73. The smallest absolute Gasteiger partial charge is 0.410 e. The number of benzene rings is 2. The Bertz CT molecular complexity index is 1420. The molecule has 1 aliphatic rings. The van der Waals surface area contributed by atoms with Crippen LogP contribution >= 0.6 is 0 Å². The highest BCUT2D eigenvalue weighted by Crippen LogP contribution is 2.48. The van der Waals surface area contributed by atoms with Gasteiger partial charge in [0.1, 0.15) is 18.0 Å². The first-order chi connectivity index (χ1) is 18.3. The first-order valence-corrected chi connectivity index (χ1v) is 13.4. The Labute approximate surface area is 231 Å². The molecule has 0 radical (unpaired) electrons. The Hall–Kier alpha value is -3.87. The minimum atomic E-state index is -0.571. The second-order valence-electron chi connectivity index (χ2n) is 11.6. The third-order valence-corrected chi connectivity index (χ3v) is 7.12. The van der Waals surface area contributed by atoms with Gasteiger partial charge in [-0.05, 0) is 101 Å². The fourth-order valence-corrected chi connectivity index (χ4v) is 4.47. The molecule has 4 rings (SSSR count). The van der Waals surface area contributed by atoms with E-state index in [2.05, 4.69) is 29.0 Å². The number of fused-ring (bicyclic) bond motifs is 1. The monoisotopic (exact) mass is 529 g/mol. The molecule has 1 N–H and O–H groups in total. The highest BCUT2D eigenvalue weighted by atomic mass is 16.6. The largest absolute Gasteiger partial charge is 0.491 e. The molecule has 39 heavy (non-hydrogen) atoms. The lowest BCUT2D eigenvalue weighted by atomic mass is 9.94. The van der Waals surface area contributed by atoms with Gasteiger partial charge in [-0.1, -0.05) is 24.3 Å². The van der Waals surface area contributed by atoms with Crippen LogP contribution in [0.4, 0.5) is 4.79 Å². The Morgan fingerprint density at radius 3 is 2.54 bits per heavy atom. The number of carbonyl (C=O) groups is 2. The molecule has 1 saturated carbocycles. The molecule has 0 unspecified atom stereocenters. The Morgan fingerprint density at radius 2 is 1.90 bits per heavy atom. The van der Waals surface area contributed by atoms with Crippen LogP contribution in [0.25, 0.3) is 16.5 Å². The maximum atomic E-state index is 13.6. The quantitative estimate of drug-likeness (QED) is 0.354. The van der Waals surface area contributed by atoms with Crippen LogP contribution < -0.4 is 10.1 Å². The molecule has 0 bridgehead atoms. The average molecular weight is 530 g/mol. The van der Waals surface area contributed by atoms with Crippen LogP contribution in [0.2, 0.25) is 0 Å². The molecular formula is C32H39N3O4. The number of rotatable bonds is 8. The number of hydrogen-bond acceptors (Lipinski definition) is 5. The van der Waals surface area contributed by atoms with E-state index in [9.17, 15) is 9.59 Å². The summed E-state index contributed by atoms with van der Waals surface area (Å²) in [6, 6.07) is 13.4. The summed E-state index contributed by atoms with van der Waals surface area (Å²) in [6.45, 7) is 15.7. The third kappa shape index (κ3) is 6.41. The first-order valence-electron chi connectivity index (χ1n) is 13.4. The van der Waals surface area contributed by atoms with Gasteiger partial charge in [0.25, 0.3) is 5.91 Å². The molecule has 1 atom stereocenters. The van der Waals surface area contributed by atoms with Crippen LogP contribution in [0.3, 0.4) is 0 Å².